The Bertz CT molecular complexity index is 1190. The first-order chi connectivity index (χ1) is 15.0. The summed E-state index contributed by atoms with van der Waals surface area (Å²) >= 11 is 0. The predicted octanol–water partition coefficient (Wildman–Crippen LogP) is 6.59. The molecule has 5 heteroatoms. The molecule has 0 aromatic heterocycles. The van der Waals surface area contributed by atoms with Crippen molar-refractivity contribution in [2.75, 3.05) is 0 Å². The van der Waals surface area contributed by atoms with Gasteiger partial charge >= 0.3 is 0 Å². The molecule has 3 aromatic rings. The van der Waals surface area contributed by atoms with E-state index in [4.69, 9.17) is 0 Å². The first-order valence-corrected chi connectivity index (χ1v) is 15.9. The molecule has 0 aliphatic heterocycles. The topological polar surface area (TPSA) is 46.2 Å². The highest BCUT2D eigenvalue weighted by molar-refractivity contribution is 7.89. The van der Waals surface area contributed by atoms with E-state index in [-0.39, 0.29) is 0 Å². The fraction of sp³-hybridized carbons (Fsp3) is 0.259. The maximum absolute atomic E-state index is 13.7. The van der Waals surface area contributed by atoms with E-state index in [1.54, 1.807) is 0 Å². The third-order valence-corrected chi connectivity index (χ3v) is 9.47. The van der Waals surface area contributed by atoms with Gasteiger partial charge in [0.15, 0.2) is 0 Å². The fourth-order valence-corrected chi connectivity index (χ4v) is 7.69. The third-order valence-electron chi connectivity index (χ3n) is 5.58. The summed E-state index contributed by atoms with van der Waals surface area (Å²) in [7, 11) is -5.67. The second kappa shape index (κ2) is 9.57. The summed E-state index contributed by atoms with van der Waals surface area (Å²) in [5, 5.41) is 1.14. The summed E-state index contributed by atoms with van der Waals surface area (Å²) < 4.78 is 30.6. The Morgan fingerprint density at radius 2 is 1.34 bits per heavy atom. The molecule has 3 rings (SSSR count). The van der Waals surface area contributed by atoms with E-state index < -0.39 is 24.1 Å². The number of nitrogens with one attached hydrogen (secondary N) is 1. The van der Waals surface area contributed by atoms with Crippen LogP contribution in [0, 0.1) is 20.8 Å². The van der Waals surface area contributed by atoms with Gasteiger partial charge in [-0.1, -0.05) is 109 Å². The van der Waals surface area contributed by atoms with E-state index in [0.717, 1.165) is 33.0 Å². The number of sulfonamides is 1. The summed E-state index contributed by atoms with van der Waals surface area (Å²) in [6, 6.07) is 23.4. The zero-order chi connectivity index (χ0) is 23.5. The minimum absolute atomic E-state index is 0.374. The Morgan fingerprint density at radius 1 is 0.844 bits per heavy atom. The Labute approximate surface area is 194 Å². The molecule has 3 aromatic carbocycles. The minimum atomic E-state index is -3.75. The van der Waals surface area contributed by atoms with Crippen LogP contribution >= 0.6 is 0 Å². The summed E-state index contributed by atoms with van der Waals surface area (Å²) in [5.74, 6) is 0. The van der Waals surface area contributed by atoms with Crippen molar-refractivity contribution in [3.8, 4) is 0 Å². The molecule has 0 bridgehead atoms. The van der Waals surface area contributed by atoms with Crippen LogP contribution in [0.1, 0.15) is 33.9 Å². The lowest BCUT2D eigenvalue weighted by molar-refractivity contribution is 0.572. The van der Waals surface area contributed by atoms with Crippen molar-refractivity contribution in [1.82, 2.24) is 4.72 Å². The van der Waals surface area contributed by atoms with Crippen molar-refractivity contribution in [3.05, 3.63) is 106 Å². The van der Waals surface area contributed by atoms with Crippen LogP contribution < -0.4 is 4.72 Å². The average molecular weight is 464 g/mol. The maximum Gasteiger partial charge on any atom is 0.241 e. The van der Waals surface area contributed by atoms with Crippen LogP contribution in [0.4, 0.5) is 0 Å². The van der Waals surface area contributed by atoms with E-state index >= 15 is 0 Å². The molecule has 0 fully saturated rings. The Hall–Kier alpha value is -2.47. The lowest BCUT2D eigenvalue weighted by Crippen LogP contribution is -2.38. The van der Waals surface area contributed by atoms with E-state index in [1.165, 1.54) is 0 Å². The van der Waals surface area contributed by atoms with Crippen LogP contribution in [0.5, 0.6) is 0 Å². The first kappa shape index (κ1) is 24.2. The zero-order valence-corrected chi connectivity index (χ0v) is 21.6. The lowest BCUT2D eigenvalue weighted by atomic mass is 10.1. The van der Waals surface area contributed by atoms with Crippen molar-refractivity contribution in [2.24, 2.45) is 0 Å². The van der Waals surface area contributed by atoms with Crippen molar-refractivity contribution in [2.45, 2.75) is 51.3 Å². The van der Waals surface area contributed by atoms with Gasteiger partial charge in [-0.15, -0.1) is 0 Å². The van der Waals surface area contributed by atoms with Crippen LogP contribution in [-0.4, -0.2) is 16.5 Å². The predicted molar refractivity (Wildman–Crippen MR) is 138 cm³/mol. The quantitative estimate of drug-likeness (QED) is 0.402. The molecule has 0 aliphatic carbocycles. The van der Waals surface area contributed by atoms with Gasteiger partial charge in [-0.2, -0.15) is 4.72 Å². The summed E-state index contributed by atoms with van der Waals surface area (Å²) in [4.78, 5) is 0.374. The molecule has 0 amide bonds. The number of rotatable bonds is 7. The summed E-state index contributed by atoms with van der Waals surface area (Å²) in [6.45, 7) is 12.5. The molecule has 0 spiro atoms. The van der Waals surface area contributed by atoms with Crippen LogP contribution in [0.3, 0.4) is 0 Å². The van der Waals surface area contributed by atoms with E-state index in [9.17, 15) is 8.42 Å². The molecule has 0 aliphatic rings. The Morgan fingerprint density at radius 3 is 1.84 bits per heavy atom. The van der Waals surface area contributed by atoms with Gasteiger partial charge in [-0.05, 0) is 43.0 Å². The molecule has 1 atom stereocenters. The Kier molecular flexibility index (Phi) is 7.23. The molecule has 0 radical (unpaired) electrons. The largest absolute Gasteiger partial charge is 0.241 e. The van der Waals surface area contributed by atoms with E-state index in [0.29, 0.717) is 4.90 Å². The smallest absolute Gasteiger partial charge is 0.207 e. The molecule has 1 unspecified atom stereocenters. The maximum atomic E-state index is 13.7. The zero-order valence-electron chi connectivity index (χ0n) is 19.8. The minimum Gasteiger partial charge on any atom is -0.207 e. The first-order valence-electron chi connectivity index (χ1n) is 10.9. The molecule has 0 saturated carbocycles. The van der Waals surface area contributed by atoms with Crippen LogP contribution in [0.25, 0.3) is 6.08 Å². The van der Waals surface area contributed by atoms with Gasteiger partial charge in [-0.3, -0.25) is 0 Å². The standard InChI is InChI=1S/C27H33NO2SSi/c1-20-17-21(2)27(22(3)18-20)31(29,30)28-26(24-15-11-8-12-16-24)25(32(4,5)6)19-23-13-9-7-10-14-23/h7-19,26,28H,1-6H3/b25-19-. The highest BCUT2D eigenvalue weighted by Gasteiger charge is 2.32. The fourth-order valence-electron chi connectivity index (χ4n) is 4.22. The average Bonchev–Trinajstić information content (AvgIpc) is 2.70. The number of aryl methyl sites for hydroxylation is 3. The second-order valence-electron chi connectivity index (χ2n) is 9.45. The highest BCUT2D eigenvalue weighted by atomic mass is 32.2. The van der Waals surface area contributed by atoms with Gasteiger partial charge in [0, 0.05) is 0 Å². The van der Waals surface area contributed by atoms with Crippen molar-refractivity contribution >= 4 is 24.2 Å². The number of hydrogen-bond donors (Lipinski definition) is 1. The SMILES string of the molecule is Cc1cc(C)c(S(=O)(=O)NC(/C(=C/c2ccccc2)[Si](C)(C)C)c2ccccc2)c(C)c1. The van der Waals surface area contributed by atoms with Crippen LogP contribution in [0.15, 0.2) is 82.9 Å². The number of benzene rings is 3. The van der Waals surface area contributed by atoms with Crippen LogP contribution in [0.2, 0.25) is 19.6 Å². The second-order valence-corrected chi connectivity index (χ2v) is 16.2. The van der Waals surface area contributed by atoms with Gasteiger partial charge in [0.05, 0.1) is 19.0 Å². The van der Waals surface area contributed by atoms with E-state index in [2.05, 4.69) is 42.6 Å². The highest BCUT2D eigenvalue weighted by Crippen LogP contribution is 2.33. The summed E-state index contributed by atoms with van der Waals surface area (Å²) in [5.41, 5.74) is 4.62. The molecule has 1 N–H and O–H groups in total. The molecule has 168 valence electrons. The summed E-state index contributed by atoms with van der Waals surface area (Å²) in [6.07, 6.45) is 2.17. The monoisotopic (exact) mass is 463 g/mol. The van der Waals surface area contributed by atoms with Crippen molar-refractivity contribution < 1.29 is 8.42 Å². The molecular formula is C27H33NO2SSi. The van der Waals surface area contributed by atoms with Gasteiger partial charge in [0.25, 0.3) is 0 Å². The lowest BCUT2D eigenvalue weighted by Gasteiger charge is -2.31. The molecule has 0 heterocycles. The van der Waals surface area contributed by atoms with Crippen LogP contribution in [-0.2, 0) is 10.0 Å². The molecular weight excluding hydrogens is 430 g/mol. The molecule has 0 saturated heterocycles. The Balaban J connectivity index is 2.18. The normalized spacial score (nSPS) is 13.8. The van der Waals surface area contributed by atoms with Gasteiger partial charge in [0.1, 0.15) is 0 Å². The third kappa shape index (κ3) is 5.65. The number of hydrogen-bond acceptors (Lipinski definition) is 2. The van der Waals surface area contributed by atoms with Crippen molar-refractivity contribution in [3.63, 3.8) is 0 Å². The van der Waals surface area contributed by atoms with Crippen molar-refractivity contribution in [1.29, 1.82) is 0 Å². The van der Waals surface area contributed by atoms with Gasteiger partial charge in [0.2, 0.25) is 10.0 Å². The molecule has 32 heavy (non-hydrogen) atoms. The van der Waals surface area contributed by atoms with Gasteiger partial charge in [-0.25, -0.2) is 8.42 Å². The van der Waals surface area contributed by atoms with E-state index in [1.807, 2.05) is 81.4 Å². The van der Waals surface area contributed by atoms with Gasteiger partial charge < -0.3 is 0 Å². The molecule has 3 nitrogen and oxygen atoms in total.